The van der Waals surface area contributed by atoms with Crippen molar-refractivity contribution in [1.29, 1.82) is 0 Å². The Kier molecular flexibility index (Phi) is 8.62. The minimum Gasteiger partial charge on any atom is -0.228 e. The van der Waals surface area contributed by atoms with Crippen molar-refractivity contribution in [2.45, 2.75) is 5.41 Å². The molecule has 12 rings (SSSR count). The molecule has 0 spiro atoms. The molecular formula is C59H38N2S. The maximum absolute atomic E-state index is 5.29. The smallest absolute Gasteiger partial charge is 0.160 e. The van der Waals surface area contributed by atoms with E-state index in [0.29, 0.717) is 5.82 Å². The summed E-state index contributed by atoms with van der Waals surface area (Å²) in [6.45, 7) is 0. The molecule has 62 heavy (non-hydrogen) atoms. The molecule has 290 valence electrons. The van der Waals surface area contributed by atoms with E-state index in [1.165, 1.54) is 70.2 Å². The summed E-state index contributed by atoms with van der Waals surface area (Å²) in [5.41, 5.74) is 16.6. The predicted molar refractivity (Wildman–Crippen MR) is 259 cm³/mol. The van der Waals surface area contributed by atoms with Crippen molar-refractivity contribution in [3.05, 3.63) is 253 Å². The van der Waals surface area contributed by atoms with Crippen molar-refractivity contribution in [3.63, 3.8) is 0 Å². The third-order valence-corrected chi connectivity index (χ3v) is 13.8. The highest BCUT2D eigenvalue weighted by molar-refractivity contribution is 7.25. The van der Waals surface area contributed by atoms with Gasteiger partial charge in [-0.05, 0) is 92.0 Å². The number of hydrogen-bond acceptors (Lipinski definition) is 3. The highest BCUT2D eigenvalue weighted by atomic mass is 32.1. The monoisotopic (exact) mass is 806 g/mol. The third kappa shape index (κ3) is 5.93. The maximum atomic E-state index is 5.29. The van der Waals surface area contributed by atoms with Gasteiger partial charge in [0.25, 0.3) is 0 Å². The molecular weight excluding hydrogens is 769 g/mol. The Hall–Kier alpha value is -7.72. The number of hydrogen-bond donors (Lipinski definition) is 0. The van der Waals surface area contributed by atoms with Gasteiger partial charge in [-0.2, -0.15) is 0 Å². The summed E-state index contributed by atoms with van der Waals surface area (Å²) in [6, 6.07) is 83.4. The van der Waals surface area contributed by atoms with Gasteiger partial charge in [0, 0.05) is 36.9 Å². The first-order valence-corrected chi connectivity index (χ1v) is 22.0. The molecule has 0 fully saturated rings. The van der Waals surface area contributed by atoms with E-state index in [0.717, 1.165) is 33.6 Å². The number of rotatable bonds is 7. The van der Waals surface area contributed by atoms with E-state index >= 15 is 0 Å². The quantitative estimate of drug-likeness (QED) is 0.160. The van der Waals surface area contributed by atoms with Crippen molar-refractivity contribution in [1.82, 2.24) is 9.97 Å². The van der Waals surface area contributed by atoms with E-state index in [-0.39, 0.29) is 0 Å². The van der Waals surface area contributed by atoms with Gasteiger partial charge >= 0.3 is 0 Å². The van der Waals surface area contributed by atoms with Crippen LogP contribution in [0.4, 0.5) is 0 Å². The van der Waals surface area contributed by atoms with Crippen molar-refractivity contribution in [2.75, 3.05) is 0 Å². The van der Waals surface area contributed by atoms with Crippen molar-refractivity contribution >= 4 is 31.5 Å². The number of benzene rings is 9. The molecule has 0 atom stereocenters. The highest BCUT2D eigenvalue weighted by Crippen LogP contribution is 2.56. The molecule has 0 aliphatic heterocycles. The van der Waals surface area contributed by atoms with Crippen molar-refractivity contribution < 1.29 is 0 Å². The molecule has 2 heterocycles. The van der Waals surface area contributed by atoms with E-state index in [2.05, 4.69) is 224 Å². The Labute approximate surface area is 365 Å². The van der Waals surface area contributed by atoms with Crippen LogP contribution in [-0.2, 0) is 5.41 Å². The first-order chi connectivity index (χ1) is 30.7. The molecule has 11 aromatic rings. The van der Waals surface area contributed by atoms with E-state index in [1.807, 2.05) is 17.4 Å². The van der Waals surface area contributed by atoms with Crippen LogP contribution in [0.25, 0.3) is 87.5 Å². The second-order valence-corrected chi connectivity index (χ2v) is 17.2. The van der Waals surface area contributed by atoms with Crippen LogP contribution in [0.1, 0.15) is 22.3 Å². The summed E-state index contributed by atoms with van der Waals surface area (Å²) in [6.07, 6.45) is 0. The largest absolute Gasteiger partial charge is 0.228 e. The SMILES string of the molecule is c1ccc(-c2nc(-c3ccc(-c4cccc(-c5ccc6sc7ccccc7c6c5)c4)cc3)cc(-c3ccc4c(c3)C(c3ccccc3)(c3ccccc3)c3ccccc3-4)n2)cc1. The van der Waals surface area contributed by atoms with Gasteiger partial charge in [0.15, 0.2) is 5.82 Å². The molecule has 1 aliphatic rings. The lowest BCUT2D eigenvalue weighted by Gasteiger charge is -2.34. The lowest BCUT2D eigenvalue weighted by Crippen LogP contribution is -2.28. The van der Waals surface area contributed by atoms with Gasteiger partial charge in [0.1, 0.15) is 0 Å². The molecule has 3 heteroatoms. The van der Waals surface area contributed by atoms with Gasteiger partial charge < -0.3 is 0 Å². The van der Waals surface area contributed by atoms with Gasteiger partial charge in [-0.3, -0.25) is 0 Å². The van der Waals surface area contributed by atoms with Crippen LogP contribution < -0.4 is 0 Å². The molecule has 0 unspecified atom stereocenters. The van der Waals surface area contributed by atoms with E-state index < -0.39 is 5.41 Å². The molecule has 2 aromatic heterocycles. The first-order valence-electron chi connectivity index (χ1n) is 21.1. The third-order valence-electron chi connectivity index (χ3n) is 12.6. The molecule has 0 radical (unpaired) electrons. The summed E-state index contributed by atoms with van der Waals surface area (Å²) in [5.74, 6) is 0.700. The van der Waals surface area contributed by atoms with Crippen molar-refractivity contribution in [2.24, 2.45) is 0 Å². The summed E-state index contributed by atoms with van der Waals surface area (Å²) in [5, 5.41) is 2.63. The molecule has 1 aliphatic carbocycles. The van der Waals surface area contributed by atoms with Gasteiger partial charge in [0.2, 0.25) is 0 Å². The van der Waals surface area contributed by atoms with Crippen LogP contribution in [0.15, 0.2) is 231 Å². The van der Waals surface area contributed by atoms with Crippen LogP contribution in [0.3, 0.4) is 0 Å². The van der Waals surface area contributed by atoms with Gasteiger partial charge in [0.05, 0.1) is 16.8 Å². The molecule has 9 aromatic carbocycles. The summed E-state index contributed by atoms with van der Waals surface area (Å²) in [7, 11) is 0. The van der Waals surface area contributed by atoms with Crippen LogP contribution >= 0.6 is 11.3 Å². The minimum absolute atomic E-state index is 0.499. The topological polar surface area (TPSA) is 25.8 Å². The fourth-order valence-electron chi connectivity index (χ4n) is 9.68. The molecule has 2 nitrogen and oxygen atoms in total. The summed E-state index contributed by atoms with van der Waals surface area (Å²) < 4.78 is 2.64. The Morgan fingerprint density at radius 1 is 0.306 bits per heavy atom. The lowest BCUT2D eigenvalue weighted by atomic mass is 9.67. The zero-order valence-electron chi connectivity index (χ0n) is 33.7. The number of thiophene rings is 1. The molecule has 0 N–H and O–H groups in total. The fourth-order valence-corrected chi connectivity index (χ4v) is 10.8. The first kappa shape index (κ1) is 36.2. The van der Waals surface area contributed by atoms with Gasteiger partial charge in [-0.15, -0.1) is 11.3 Å². The molecule has 0 saturated carbocycles. The molecule has 0 saturated heterocycles. The van der Waals surface area contributed by atoms with Crippen LogP contribution in [0, 0.1) is 0 Å². The number of nitrogens with zero attached hydrogens (tertiary/aromatic N) is 2. The van der Waals surface area contributed by atoms with Crippen LogP contribution in [0.2, 0.25) is 0 Å². The number of fused-ring (bicyclic) bond motifs is 6. The Balaban J connectivity index is 0.957. The van der Waals surface area contributed by atoms with Gasteiger partial charge in [-0.1, -0.05) is 194 Å². The lowest BCUT2D eigenvalue weighted by molar-refractivity contribution is 0.768. The van der Waals surface area contributed by atoms with Crippen LogP contribution in [-0.4, -0.2) is 9.97 Å². The number of aromatic nitrogens is 2. The predicted octanol–water partition coefficient (Wildman–Crippen LogP) is 15.5. The van der Waals surface area contributed by atoms with E-state index in [9.17, 15) is 0 Å². The average molecular weight is 807 g/mol. The zero-order chi connectivity index (χ0) is 41.0. The summed E-state index contributed by atoms with van der Waals surface area (Å²) >= 11 is 1.86. The normalized spacial score (nSPS) is 12.6. The zero-order valence-corrected chi connectivity index (χ0v) is 34.6. The van der Waals surface area contributed by atoms with Gasteiger partial charge in [-0.25, -0.2) is 9.97 Å². The Morgan fingerprint density at radius 3 is 1.60 bits per heavy atom. The second-order valence-electron chi connectivity index (χ2n) is 16.1. The molecule has 0 bridgehead atoms. The fraction of sp³-hybridized carbons (Fsp3) is 0.0169. The second kappa shape index (κ2) is 14.8. The minimum atomic E-state index is -0.499. The Bertz CT molecular complexity index is 3400. The van der Waals surface area contributed by atoms with E-state index in [4.69, 9.17) is 9.97 Å². The standard InChI is InChI=1S/C59H38N2S/c1-4-15-41(16-5-1)58-60-54(40-29-27-39(28-30-40)42-17-14-18-43(35-42)44-32-34-57-51(36-44)50-24-11-13-26-56(50)62-57)38-55(61-58)45-31-33-49-48-23-10-12-25-52(48)59(53(49)37-45,46-19-6-2-7-20-46)47-21-8-3-9-22-47/h1-38H. The maximum Gasteiger partial charge on any atom is 0.160 e. The molecule has 0 amide bonds. The van der Waals surface area contributed by atoms with Crippen molar-refractivity contribution in [3.8, 4) is 67.3 Å². The summed E-state index contributed by atoms with van der Waals surface area (Å²) in [4.78, 5) is 10.5. The highest BCUT2D eigenvalue weighted by Gasteiger charge is 2.46. The van der Waals surface area contributed by atoms with Crippen LogP contribution in [0.5, 0.6) is 0 Å². The average Bonchev–Trinajstić information content (AvgIpc) is 3.88. The van der Waals surface area contributed by atoms with E-state index in [1.54, 1.807) is 0 Å². The Morgan fingerprint density at radius 2 is 0.839 bits per heavy atom.